The molecule has 2 aromatic carbocycles. The van der Waals surface area contributed by atoms with Gasteiger partial charge in [-0.3, -0.25) is 4.79 Å². The fourth-order valence-corrected chi connectivity index (χ4v) is 2.34. The largest absolute Gasteiger partial charge is 0.490 e. The van der Waals surface area contributed by atoms with Gasteiger partial charge in [0.2, 0.25) is 5.91 Å². The van der Waals surface area contributed by atoms with E-state index >= 15 is 0 Å². The van der Waals surface area contributed by atoms with Gasteiger partial charge in [-0.2, -0.15) is 0 Å². The third kappa shape index (κ3) is 6.83. The molecule has 2 rings (SSSR count). The average molecular weight is 385 g/mol. The highest BCUT2D eigenvalue weighted by molar-refractivity contribution is 7.97. The number of rotatable bonds is 9. The Kier molecular flexibility index (Phi) is 8.45. The molecule has 0 unspecified atom stereocenters. The van der Waals surface area contributed by atoms with Crippen molar-refractivity contribution in [3.8, 4) is 5.75 Å². The minimum atomic E-state index is -0.0774. The van der Waals surface area contributed by atoms with Gasteiger partial charge >= 0.3 is 0 Å². The fraction of sp³-hybridized carbons (Fsp3) is 0.238. The molecule has 0 spiro atoms. The summed E-state index contributed by atoms with van der Waals surface area (Å²) >= 11 is 1.32. The number of hydrogen-bond donors (Lipinski definition) is 1. The maximum absolute atomic E-state index is 11.8. The molecular formula is C21H24N2O3S. The minimum Gasteiger partial charge on any atom is -0.490 e. The zero-order valence-electron chi connectivity index (χ0n) is 15.8. The molecule has 0 saturated heterocycles. The summed E-state index contributed by atoms with van der Waals surface area (Å²) in [6.45, 7) is 4.07. The highest BCUT2D eigenvalue weighted by Gasteiger charge is 2.11. The van der Waals surface area contributed by atoms with E-state index in [0.717, 1.165) is 5.56 Å². The van der Waals surface area contributed by atoms with E-state index in [1.54, 1.807) is 25.3 Å². The standard InChI is InChI=1S/C21H24N2O3S/c1-4-21(24)23-18-12-8-9-13-19(18)26-20(14-22-27-3)16(2)25-15-17-10-6-5-7-11-17/h5-14H,4,15H2,1-3H3,(H,23,24)/b20-16-,22-14+. The Morgan fingerprint density at radius 2 is 1.85 bits per heavy atom. The summed E-state index contributed by atoms with van der Waals surface area (Å²) in [6, 6.07) is 17.2. The average Bonchev–Trinajstić information content (AvgIpc) is 2.71. The van der Waals surface area contributed by atoms with Gasteiger partial charge in [0.05, 0.1) is 11.9 Å². The van der Waals surface area contributed by atoms with E-state index in [1.807, 2.05) is 55.6 Å². The predicted octanol–water partition coefficient (Wildman–Crippen LogP) is 5.21. The molecule has 0 bridgehead atoms. The van der Waals surface area contributed by atoms with Crippen molar-refractivity contribution >= 4 is 29.8 Å². The minimum absolute atomic E-state index is 0.0774. The molecule has 5 nitrogen and oxygen atoms in total. The number of ether oxygens (including phenoxy) is 2. The molecule has 0 saturated carbocycles. The van der Waals surface area contributed by atoms with Crippen LogP contribution in [-0.4, -0.2) is 18.4 Å². The Morgan fingerprint density at radius 1 is 1.15 bits per heavy atom. The van der Waals surface area contributed by atoms with Gasteiger partial charge in [-0.1, -0.05) is 49.4 Å². The summed E-state index contributed by atoms with van der Waals surface area (Å²) in [4.78, 5) is 11.8. The number of anilines is 1. The van der Waals surface area contributed by atoms with E-state index in [-0.39, 0.29) is 5.91 Å². The van der Waals surface area contributed by atoms with Crippen molar-refractivity contribution in [3.05, 3.63) is 71.7 Å². The van der Waals surface area contributed by atoms with Gasteiger partial charge in [-0.15, -0.1) is 0 Å². The Labute approximate surface area is 164 Å². The van der Waals surface area contributed by atoms with Crippen LogP contribution in [0, 0.1) is 0 Å². The molecule has 0 atom stereocenters. The smallest absolute Gasteiger partial charge is 0.224 e. The highest BCUT2D eigenvalue weighted by atomic mass is 32.2. The number of allylic oxidation sites excluding steroid dienone is 2. The Hall–Kier alpha value is -2.73. The van der Waals surface area contributed by atoms with Crippen molar-refractivity contribution in [2.24, 2.45) is 4.40 Å². The quantitative estimate of drug-likeness (QED) is 0.366. The Bertz CT molecular complexity index is 804. The van der Waals surface area contributed by atoms with E-state index in [4.69, 9.17) is 9.47 Å². The van der Waals surface area contributed by atoms with Crippen molar-refractivity contribution in [1.29, 1.82) is 0 Å². The van der Waals surface area contributed by atoms with Crippen molar-refractivity contribution in [3.63, 3.8) is 0 Å². The second-order valence-electron chi connectivity index (χ2n) is 5.61. The number of benzene rings is 2. The van der Waals surface area contributed by atoms with Crippen molar-refractivity contribution in [2.75, 3.05) is 11.6 Å². The first kappa shape index (κ1) is 20.6. The molecular weight excluding hydrogens is 360 g/mol. The van der Waals surface area contributed by atoms with Crippen LogP contribution in [0.3, 0.4) is 0 Å². The van der Waals surface area contributed by atoms with E-state index in [0.29, 0.717) is 36.0 Å². The predicted molar refractivity (Wildman–Crippen MR) is 112 cm³/mol. The number of nitrogens with one attached hydrogen (secondary N) is 1. The van der Waals surface area contributed by atoms with Gasteiger partial charge in [0, 0.05) is 12.7 Å². The van der Waals surface area contributed by atoms with Crippen molar-refractivity contribution in [1.82, 2.24) is 0 Å². The summed E-state index contributed by atoms with van der Waals surface area (Å²) in [5.41, 5.74) is 1.67. The maximum atomic E-state index is 11.8. The molecule has 6 heteroatoms. The van der Waals surface area contributed by atoms with Gasteiger partial charge in [0.1, 0.15) is 12.4 Å². The number of carbonyl (C=O) groups is 1. The molecule has 1 amide bonds. The lowest BCUT2D eigenvalue weighted by molar-refractivity contribution is -0.115. The third-order valence-corrected chi connectivity index (χ3v) is 3.94. The van der Waals surface area contributed by atoms with Gasteiger partial charge in [0.25, 0.3) is 0 Å². The molecule has 142 valence electrons. The van der Waals surface area contributed by atoms with E-state index in [9.17, 15) is 4.79 Å². The van der Waals surface area contributed by atoms with E-state index < -0.39 is 0 Å². The lowest BCUT2D eigenvalue weighted by Crippen LogP contribution is -2.11. The summed E-state index contributed by atoms with van der Waals surface area (Å²) < 4.78 is 16.1. The molecule has 0 aromatic heterocycles. The SMILES string of the molecule is CCC(=O)Nc1ccccc1OC(/C=N/SC)=C(/C)OCc1ccccc1. The van der Waals surface area contributed by atoms with Crippen molar-refractivity contribution in [2.45, 2.75) is 26.9 Å². The molecule has 1 N–H and O–H groups in total. The molecule has 0 heterocycles. The molecule has 27 heavy (non-hydrogen) atoms. The number of para-hydroxylation sites is 2. The van der Waals surface area contributed by atoms with Crippen LogP contribution < -0.4 is 10.1 Å². The number of amides is 1. The van der Waals surface area contributed by atoms with Crippen LogP contribution in [0.1, 0.15) is 25.8 Å². The maximum Gasteiger partial charge on any atom is 0.224 e. The lowest BCUT2D eigenvalue weighted by atomic mass is 10.2. The van der Waals surface area contributed by atoms with Crippen LogP contribution in [0.2, 0.25) is 0 Å². The summed E-state index contributed by atoms with van der Waals surface area (Å²) in [7, 11) is 0. The normalized spacial score (nSPS) is 11.8. The summed E-state index contributed by atoms with van der Waals surface area (Å²) in [5.74, 6) is 1.54. The second kappa shape index (κ2) is 11.1. The van der Waals surface area contributed by atoms with Crippen LogP contribution >= 0.6 is 11.9 Å². The molecule has 0 aliphatic carbocycles. The molecule has 0 aliphatic heterocycles. The van der Waals surface area contributed by atoms with E-state index in [2.05, 4.69) is 9.71 Å². The number of carbonyl (C=O) groups excluding carboxylic acids is 1. The van der Waals surface area contributed by atoms with Crippen LogP contribution in [0.5, 0.6) is 5.75 Å². The number of hydrogen-bond acceptors (Lipinski definition) is 5. The zero-order valence-corrected chi connectivity index (χ0v) is 16.6. The van der Waals surface area contributed by atoms with Crippen LogP contribution in [0.25, 0.3) is 0 Å². The van der Waals surface area contributed by atoms with Crippen molar-refractivity contribution < 1.29 is 14.3 Å². The van der Waals surface area contributed by atoms with Gasteiger partial charge < -0.3 is 14.8 Å². The van der Waals surface area contributed by atoms with Crippen LogP contribution in [0.15, 0.2) is 70.5 Å². The van der Waals surface area contributed by atoms with E-state index in [1.165, 1.54) is 11.9 Å². The lowest BCUT2D eigenvalue weighted by Gasteiger charge is -2.15. The molecule has 0 radical (unpaired) electrons. The van der Waals surface area contributed by atoms with Crippen LogP contribution in [0.4, 0.5) is 5.69 Å². The third-order valence-electron chi connectivity index (χ3n) is 3.62. The monoisotopic (exact) mass is 384 g/mol. The molecule has 0 aliphatic rings. The first-order valence-corrected chi connectivity index (χ1v) is 9.83. The summed E-state index contributed by atoms with van der Waals surface area (Å²) in [5, 5.41) is 2.84. The Morgan fingerprint density at radius 3 is 2.56 bits per heavy atom. The second-order valence-corrected chi connectivity index (χ2v) is 6.19. The van der Waals surface area contributed by atoms with Gasteiger partial charge in [0.15, 0.2) is 11.5 Å². The highest BCUT2D eigenvalue weighted by Crippen LogP contribution is 2.27. The first-order chi connectivity index (χ1) is 13.1. The first-order valence-electron chi connectivity index (χ1n) is 8.65. The topological polar surface area (TPSA) is 59.9 Å². The molecule has 2 aromatic rings. The molecule has 0 fully saturated rings. The fourth-order valence-electron chi connectivity index (χ4n) is 2.14. The van der Waals surface area contributed by atoms with Crippen LogP contribution in [-0.2, 0) is 16.1 Å². The zero-order chi connectivity index (χ0) is 19.5. The number of nitrogens with zero attached hydrogens (tertiary/aromatic N) is 1. The van der Waals surface area contributed by atoms with Gasteiger partial charge in [-0.25, -0.2) is 4.40 Å². The Balaban J connectivity index is 2.21. The summed E-state index contributed by atoms with van der Waals surface area (Å²) in [6.07, 6.45) is 3.87. The van der Waals surface area contributed by atoms with Gasteiger partial charge in [-0.05, 0) is 36.6 Å².